The summed E-state index contributed by atoms with van der Waals surface area (Å²) in [6.07, 6.45) is 5.00. The van der Waals surface area contributed by atoms with Gasteiger partial charge in [0.15, 0.2) is 0 Å². The van der Waals surface area contributed by atoms with Gasteiger partial charge >= 0.3 is 0 Å². The highest BCUT2D eigenvalue weighted by Gasteiger charge is 2.50. The first-order valence-electron chi connectivity index (χ1n) is 6.79. The van der Waals surface area contributed by atoms with Gasteiger partial charge in [0.2, 0.25) is 0 Å². The Kier molecular flexibility index (Phi) is 2.94. The zero-order chi connectivity index (χ0) is 12.6. The molecule has 0 spiro atoms. The lowest BCUT2D eigenvalue weighted by Gasteiger charge is -2.38. The zero-order valence-electron chi connectivity index (χ0n) is 10.9. The molecule has 3 atom stereocenters. The maximum Gasteiger partial charge on any atom is 0.119 e. The van der Waals surface area contributed by atoms with E-state index in [9.17, 15) is 5.11 Å². The number of rotatable bonds is 4. The lowest BCUT2D eigenvalue weighted by Crippen LogP contribution is -2.46. The van der Waals surface area contributed by atoms with Gasteiger partial charge < -0.3 is 15.2 Å². The molecule has 2 aliphatic rings. The van der Waals surface area contributed by atoms with Crippen LogP contribution in [0.3, 0.4) is 0 Å². The highest BCUT2D eigenvalue weighted by atomic mass is 16.5. The van der Waals surface area contributed by atoms with Crippen molar-refractivity contribution in [2.24, 2.45) is 11.8 Å². The lowest BCUT2D eigenvalue weighted by molar-refractivity contribution is 0.159. The monoisotopic (exact) mass is 247 g/mol. The minimum Gasteiger partial charge on any atom is -0.497 e. The molecule has 98 valence electrons. The first kappa shape index (κ1) is 11.8. The third kappa shape index (κ3) is 1.87. The van der Waals surface area contributed by atoms with Gasteiger partial charge in [-0.15, -0.1) is 0 Å². The molecule has 3 heteroatoms. The van der Waals surface area contributed by atoms with Crippen molar-refractivity contribution in [3.05, 3.63) is 24.3 Å². The third-order valence-electron chi connectivity index (χ3n) is 4.74. The maximum absolute atomic E-state index is 9.81. The first-order valence-corrected chi connectivity index (χ1v) is 6.79. The van der Waals surface area contributed by atoms with Crippen LogP contribution >= 0.6 is 0 Å². The summed E-state index contributed by atoms with van der Waals surface area (Å²) in [5.41, 5.74) is 0.995. The number of hydrogen-bond acceptors (Lipinski definition) is 3. The second-order valence-corrected chi connectivity index (χ2v) is 5.75. The van der Waals surface area contributed by atoms with Crippen molar-refractivity contribution in [1.29, 1.82) is 0 Å². The molecule has 2 bridgehead atoms. The van der Waals surface area contributed by atoms with Crippen LogP contribution in [0.4, 0.5) is 5.69 Å². The molecule has 2 saturated carbocycles. The molecule has 1 aromatic carbocycles. The molecule has 2 fully saturated rings. The van der Waals surface area contributed by atoms with E-state index in [1.807, 2.05) is 24.3 Å². The molecule has 3 rings (SSSR count). The van der Waals surface area contributed by atoms with Gasteiger partial charge in [0.1, 0.15) is 5.75 Å². The minimum absolute atomic E-state index is 0.0858. The number of hydrogen-bond donors (Lipinski definition) is 2. The molecular formula is C15H21NO2. The number of fused-ring (bicyclic) bond motifs is 2. The van der Waals surface area contributed by atoms with Crippen LogP contribution in [-0.4, -0.2) is 24.4 Å². The van der Waals surface area contributed by atoms with E-state index in [0.29, 0.717) is 5.92 Å². The van der Waals surface area contributed by atoms with E-state index in [4.69, 9.17) is 4.74 Å². The molecule has 1 aromatic rings. The molecule has 0 radical (unpaired) electrons. The van der Waals surface area contributed by atoms with E-state index in [1.165, 1.54) is 19.3 Å². The number of anilines is 1. The van der Waals surface area contributed by atoms with Crippen molar-refractivity contribution in [2.45, 2.75) is 31.2 Å². The van der Waals surface area contributed by atoms with Crippen LogP contribution in [-0.2, 0) is 0 Å². The van der Waals surface area contributed by atoms with Crippen LogP contribution in [0, 0.1) is 11.8 Å². The number of ether oxygens (including phenoxy) is 1. The van der Waals surface area contributed by atoms with Gasteiger partial charge in [0, 0.05) is 5.69 Å². The van der Waals surface area contributed by atoms with Gasteiger partial charge in [0.25, 0.3) is 0 Å². The summed E-state index contributed by atoms with van der Waals surface area (Å²) >= 11 is 0. The average Bonchev–Trinajstić information content (AvgIpc) is 3.00. The summed E-state index contributed by atoms with van der Waals surface area (Å²) < 4.78 is 5.16. The van der Waals surface area contributed by atoms with Crippen LogP contribution < -0.4 is 10.1 Å². The predicted molar refractivity (Wildman–Crippen MR) is 71.9 cm³/mol. The fourth-order valence-corrected chi connectivity index (χ4v) is 3.79. The van der Waals surface area contributed by atoms with Crippen LogP contribution in [0.2, 0.25) is 0 Å². The topological polar surface area (TPSA) is 41.5 Å². The maximum atomic E-state index is 9.81. The van der Waals surface area contributed by atoms with E-state index >= 15 is 0 Å². The van der Waals surface area contributed by atoms with Crippen molar-refractivity contribution in [3.63, 3.8) is 0 Å². The Hall–Kier alpha value is -1.22. The third-order valence-corrected chi connectivity index (χ3v) is 4.74. The summed E-state index contributed by atoms with van der Waals surface area (Å²) in [6, 6.07) is 7.98. The number of benzene rings is 1. The largest absolute Gasteiger partial charge is 0.497 e. The number of aliphatic hydroxyl groups excluding tert-OH is 1. The van der Waals surface area contributed by atoms with Crippen molar-refractivity contribution in [1.82, 2.24) is 0 Å². The summed E-state index contributed by atoms with van der Waals surface area (Å²) in [7, 11) is 1.67. The fourth-order valence-electron chi connectivity index (χ4n) is 3.79. The highest BCUT2D eigenvalue weighted by molar-refractivity contribution is 5.49. The molecule has 0 amide bonds. The molecule has 3 unspecified atom stereocenters. The Morgan fingerprint density at radius 2 is 2.11 bits per heavy atom. The van der Waals surface area contributed by atoms with Crippen molar-refractivity contribution in [3.8, 4) is 5.75 Å². The minimum atomic E-state index is -0.0858. The highest BCUT2D eigenvalue weighted by Crippen LogP contribution is 2.51. The molecule has 18 heavy (non-hydrogen) atoms. The number of methoxy groups -OCH3 is 1. The molecule has 2 aliphatic carbocycles. The van der Waals surface area contributed by atoms with Crippen molar-refractivity contribution in [2.75, 3.05) is 19.0 Å². The lowest BCUT2D eigenvalue weighted by atomic mass is 9.81. The van der Waals surface area contributed by atoms with Gasteiger partial charge in [-0.05, 0) is 61.8 Å². The summed E-state index contributed by atoms with van der Waals surface area (Å²) in [6.45, 7) is 0.236. The second-order valence-electron chi connectivity index (χ2n) is 5.75. The molecule has 0 saturated heterocycles. The summed E-state index contributed by atoms with van der Waals surface area (Å²) in [5.74, 6) is 2.31. The van der Waals surface area contributed by atoms with Gasteiger partial charge in [-0.25, -0.2) is 0 Å². The van der Waals surface area contributed by atoms with E-state index in [0.717, 1.165) is 23.8 Å². The zero-order valence-corrected chi connectivity index (χ0v) is 10.9. The first-order chi connectivity index (χ1) is 8.75. The smallest absolute Gasteiger partial charge is 0.119 e. The normalized spacial score (nSPS) is 33.7. The SMILES string of the molecule is COc1ccc(NC2(CO)CC3CCC2C3)cc1. The number of nitrogens with one attached hydrogen (secondary N) is 1. The summed E-state index contributed by atoms with van der Waals surface area (Å²) in [5, 5.41) is 13.4. The Labute approximate surface area is 108 Å². The molecular weight excluding hydrogens is 226 g/mol. The quantitative estimate of drug-likeness (QED) is 0.859. The molecule has 2 N–H and O–H groups in total. The average molecular weight is 247 g/mol. The standard InChI is InChI=1S/C15H21NO2/c1-18-14-6-4-13(5-7-14)16-15(10-17)9-11-2-3-12(15)8-11/h4-7,11-12,16-17H,2-3,8-10H2,1H3. The van der Waals surface area contributed by atoms with Crippen molar-refractivity contribution < 1.29 is 9.84 Å². The van der Waals surface area contributed by atoms with E-state index in [2.05, 4.69) is 5.32 Å². The Bertz CT molecular complexity index is 417. The van der Waals surface area contributed by atoms with E-state index in [1.54, 1.807) is 7.11 Å². The van der Waals surface area contributed by atoms with Crippen LogP contribution in [0.15, 0.2) is 24.3 Å². The summed E-state index contributed by atoms with van der Waals surface area (Å²) in [4.78, 5) is 0. The Morgan fingerprint density at radius 3 is 2.61 bits per heavy atom. The van der Waals surface area contributed by atoms with Crippen molar-refractivity contribution >= 4 is 5.69 Å². The fraction of sp³-hybridized carbons (Fsp3) is 0.600. The second kappa shape index (κ2) is 4.47. The molecule has 3 nitrogen and oxygen atoms in total. The van der Waals surface area contributed by atoms with Gasteiger partial charge in [0.05, 0.1) is 19.3 Å². The van der Waals surface area contributed by atoms with Gasteiger partial charge in [-0.2, -0.15) is 0 Å². The van der Waals surface area contributed by atoms with E-state index in [-0.39, 0.29) is 12.1 Å². The van der Waals surface area contributed by atoms with Crippen LogP contribution in [0.25, 0.3) is 0 Å². The van der Waals surface area contributed by atoms with Crippen LogP contribution in [0.1, 0.15) is 25.7 Å². The van der Waals surface area contributed by atoms with Gasteiger partial charge in [-0.3, -0.25) is 0 Å². The molecule has 0 aromatic heterocycles. The Morgan fingerprint density at radius 1 is 1.33 bits per heavy atom. The number of aliphatic hydroxyl groups is 1. The Balaban J connectivity index is 1.77. The van der Waals surface area contributed by atoms with Gasteiger partial charge in [-0.1, -0.05) is 0 Å². The molecule has 0 aliphatic heterocycles. The van der Waals surface area contributed by atoms with Crippen LogP contribution in [0.5, 0.6) is 5.75 Å². The molecule has 0 heterocycles. The predicted octanol–water partition coefficient (Wildman–Crippen LogP) is 2.66. The van der Waals surface area contributed by atoms with E-state index < -0.39 is 0 Å².